The van der Waals surface area contributed by atoms with Gasteiger partial charge in [0.05, 0.1) is 0 Å². The minimum absolute atomic E-state index is 0.332. The van der Waals surface area contributed by atoms with E-state index in [0.29, 0.717) is 0 Å². The van der Waals surface area contributed by atoms with E-state index in [1.807, 2.05) is 7.11 Å². The van der Waals surface area contributed by atoms with Crippen LogP contribution in [0.1, 0.15) is 24.5 Å². The van der Waals surface area contributed by atoms with Gasteiger partial charge in [0.1, 0.15) is 0 Å². The molecule has 0 N–H and O–H groups in total. The summed E-state index contributed by atoms with van der Waals surface area (Å²) in [5.41, 5.74) is 2.35. The summed E-state index contributed by atoms with van der Waals surface area (Å²) in [5, 5.41) is 0. The van der Waals surface area contributed by atoms with Crippen LogP contribution in [0.4, 0.5) is 0 Å². The van der Waals surface area contributed by atoms with Gasteiger partial charge in [-0.1, -0.05) is 67.6 Å². The van der Waals surface area contributed by atoms with Gasteiger partial charge >= 0.3 is 0 Å². The highest BCUT2D eigenvalue weighted by Gasteiger charge is 2.42. The number of methoxy groups -OCH3 is 1. The number of aryl methyl sites for hydroxylation is 1. The standard InChI is InChI=1S/C22H30N2O/c1-3-24-18-17-23(16-10-13-20-11-6-4-7-12-20)19-22(24,25-2)21-14-8-5-9-15-21/h4-9,11-12,14-15H,3,10,13,16-19H2,1-2H3. The van der Waals surface area contributed by atoms with Gasteiger partial charge in [-0.25, -0.2) is 0 Å². The average molecular weight is 338 g/mol. The van der Waals surface area contributed by atoms with Crippen LogP contribution in [0, 0.1) is 0 Å². The normalized spacial score (nSPS) is 22.2. The van der Waals surface area contributed by atoms with Crippen molar-refractivity contribution in [1.29, 1.82) is 0 Å². The zero-order chi connectivity index (χ0) is 17.5. The molecule has 25 heavy (non-hydrogen) atoms. The number of rotatable bonds is 7. The lowest BCUT2D eigenvalue weighted by Gasteiger charge is -2.50. The van der Waals surface area contributed by atoms with E-state index < -0.39 is 0 Å². The Labute approximate surface area is 152 Å². The Balaban J connectivity index is 1.67. The SMILES string of the molecule is CCN1CCN(CCCc2ccccc2)CC1(OC)c1ccccc1. The molecule has 2 aromatic carbocycles. The highest BCUT2D eigenvalue weighted by Crippen LogP contribution is 2.33. The molecule has 1 aliphatic rings. The van der Waals surface area contributed by atoms with Crippen molar-refractivity contribution in [2.75, 3.05) is 39.8 Å². The van der Waals surface area contributed by atoms with Crippen LogP contribution in [0.3, 0.4) is 0 Å². The second-order valence-corrected chi connectivity index (χ2v) is 6.80. The molecule has 3 heteroatoms. The maximum Gasteiger partial charge on any atom is 0.160 e. The van der Waals surface area contributed by atoms with E-state index in [1.165, 1.54) is 17.5 Å². The van der Waals surface area contributed by atoms with Gasteiger partial charge in [0.25, 0.3) is 0 Å². The number of nitrogens with zero attached hydrogens (tertiary/aromatic N) is 2. The van der Waals surface area contributed by atoms with E-state index in [0.717, 1.165) is 39.1 Å². The van der Waals surface area contributed by atoms with Gasteiger partial charge in [-0.2, -0.15) is 0 Å². The monoisotopic (exact) mass is 338 g/mol. The molecule has 1 fully saturated rings. The minimum Gasteiger partial charge on any atom is -0.358 e. The van der Waals surface area contributed by atoms with Crippen molar-refractivity contribution in [3.05, 3.63) is 71.8 Å². The minimum atomic E-state index is -0.332. The molecule has 2 aromatic rings. The van der Waals surface area contributed by atoms with Crippen LogP contribution in [0.15, 0.2) is 60.7 Å². The molecule has 1 atom stereocenters. The van der Waals surface area contributed by atoms with Crippen LogP contribution in [0.5, 0.6) is 0 Å². The first-order chi connectivity index (χ1) is 12.3. The first kappa shape index (κ1) is 18.1. The summed E-state index contributed by atoms with van der Waals surface area (Å²) in [6.07, 6.45) is 2.32. The lowest BCUT2D eigenvalue weighted by atomic mass is 9.97. The van der Waals surface area contributed by atoms with E-state index in [4.69, 9.17) is 4.74 Å². The Kier molecular flexibility index (Phi) is 6.24. The predicted octanol–water partition coefficient (Wildman–Crippen LogP) is 3.76. The molecule has 134 valence electrons. The third kappa shape index (κ3) is 4.12. The van der Waals surface area contributed by atoms with Gasteiger partial charge < -0.3 is 4.74 Å². The summed E-state index contributed by atoms with van der Waals surface area (Å²) >= 11 is 0. The van der Waals surface area contributed by atoms with Crippen molar-refractivity contribution in [3.63, 3.8) is 0 Å². The summed E-state index contributed by atoms with van der Waals surface area (Å²) < 4.78 is 6.15. The van der Waals surface area contributed by atoms with E-state index in [1.54, 1.807) is 0 Å². The van der Waals surface area contributed by atoms with Crippen LogP contribution in [-0.2, 0) is 16.9 Å². The van der Waals surface area contributed by atoms with Crippen LogP contribution in [-0.4, -0.2) is 49.6 Å². The Morgan fingerprint density at radius 3 is 2.28 bits per heavy atom. The summed E-state index contributed by atoms with van der Waals surface area (Å²) in [6.45, 7) is 7.42. The molecule has 0 spiro atoms. The number of piperazine rings is 1. The van der Waals surface area contributed by atoms with E-state index in [2.05, 4.69) is 77.4 Å². The van der Waals surface area contributed by atoms with Gasteiger partial charge in [-0.15, -0.1) is 0 Å². The summed E-state index contributed by atoms with van der Waals surface area (Å²) in [7, 11) is 1.85. The number of benzene rings is 2. The van der Waals surface area contributed by atoms with Gasteiger partial charge in [-0.3, -0.25) is 9.80 Å². The molecule has 3 nitrogen and oxygen atoms in total. The zero-order valence-corrected chi connectivity index (χ0v) is 15.5. The van der Waals surface area contributed by atoms with E-state index in [9.17, 15) is 0 Å². The van der Waals surface area contributed by atoms with Crippen molar-refractivity contribution in [2.24, 2.45) is 0 Å². The molecule has 0 amide bonds. The second kappa shape index (κ2) is 8.61. The first-order valence-electron chi connectivity index (χ1n) is 9.40. The quantitative estimate of drug-likeness (QED) is 0.764. The highest BCUT2D eigenvalue weighted by molar-refractivity contribution is 5.23. The Hall–Kier alpha value is -1.68. The molecule has 1 aliphatic heterocycles. The van der Waals surface area contributed by atoms with E-state index >= 15 is 0 Å². The van der Waals surface area contributed by atoms with Crippen molar-refractivity contribution in [3.8, 4) is 0 Å². The smallest absolute Gasteiger partial charge is 0.160 e. The summed E-state index contributed by atoms with van der Waals surface area (Å²) in [4.78, 5) is 5.03. The highest BCUT2D eigenvalue weighted by atomic mass is 16.5. The number of hydrogen-bond acceptors (Lipinski definition) is 3. The first-order valence-corrected chi connectivity index (χ1v) is 9.40. The molecular formula is C22H30N2O. The molecule has 3 rings (SSSR count). The molecule has 0 saturated carbocycles. The molecule has 0 aromatic heterocycles. The molecule has 0 bridgehead atoms. The zero-order valence-electron chi connectivity index (χ0n) is 15.5. The van der Waals surface area contributed by atoms with Gasteiger partial charge in [-0.05, 0) is 31.5 Å². The third-order valence-electron chi connectivity index (χ3n) is 5.36. The fraction of sp³-hybridized carbons (Fsp3) is 0.455. The van der Waals surface area contributed by atoms with E-state index in [-0.39, 0.29) is 5.72 Å². The van der Waals surface area contributed by atoms with Gasteiger partial charge in [0.15, 0.2) is 5.72 Å². The largest absolute Gasteiger partial charge is 0.358 e. The van der Waals surface area contributed by atoms with Crippen LogP contribution < -0.4 is 0 Å². The topological polar surface area (TPSA) is 15.7 Å². The molecule has 1 unspecified atom stereocenters. The maximum atomic E-state index is 6.15. The Bertz CT molecular complexity index is 631. The van der Waals surface area contributed by atoms with Crippen molar-refractivity contribution >= 4 is 0 Å². The maximum absolute atomic E-state index is 6.15. The lowest BCUT2D eigenvalue weighted by Crippen LogP contribution is -2.61. The van der Waals surface area contributed by atoms with Crippen molar-refractivity contribution in [2.45, 2.75) is 25.5 Å². The Morgan fingerprint density at radius 2 is 1.64 bits per heavy atom. The van der Waals surface area contributed by atoms with Gasteiger partial charge in [0.2, 0.25) is 0 Å². The van der Waals surface area contributed by atoms with Crippen LogP contribution in [0.2, 0.25) is 0 Å². The lowest BCUT2D eigenvalue weighted by molar-refractivity contribution is -0.180. The average Bonchev–Trinajstić information content (AvgIpc) is 2.69. The third-order valence-corrected chi connectivity index (χ3v) is 5.36. The summed E-state index contributed by atoms with van der Waals surface area (Å²) in [6, 6.07) is 21.5. The molecule has 1 saturated heterocycles. The summed E-state index contributed by atoms with van der Waals surface area (Å²) in [5.74, 6) is 0. The molecular weight excluding hydrogens is 308 g/mol. The van der Waals surface area contributed by atoms with Crippen molar-refractivity contribution < 1.29 is 4.74 Å². The molecule has 0 aliphatic carbocycles. The second-order valence-electron chi connectivity index (χ2n) is 6.80. The fourth-order valence-corrected chi connectivity index (χ4v) is 3.96. The van der Waals surface area contributed by atoms with Gasteiger partial charge in [0, 0.05) is 32.3 Å². The van der Waals surface area contributed by atoms with Crippen molar-refractivity contribution in [1.82, 2.24) is 9.80 Å². The Morgan fingerprint density at radius 1 is 0.960 bits per heavy atom. The molecule has 0 radical (unpaired) electrons. The van der Waals surface area contributed by atoms with Crippen LogP contribution >= 0.6 is 0 Å². The fourth-order valence-electron chi connectivity index (χ4n) is 3.96. The molecule has 1 heterocycles. The number of hydrogen-bond donors (Lipinski definition) is 0. The van der Waals surface area contributed by atoms with Crippen LogP contribution in [0.25, 0.3) is 0 Å². The predicted molar refractivity (Wildman–Crippen MR) is 104 cm³/mol. The number of likely N-dealkylation sites (N-methyl/N-ethyl adjacent to an activating group) is 1. The number of ether oxygens (including phenoxy) is 1.